The lowest BCUT2D eigenvalue weighted by molar-refractivity contribution is -0.126. The molecule has 0 saturated heterocycles. The van der Waals surface area contributed by atoms with Gasteiger partial charge in [0.1, 0.15) is 11.2 Å². The summed E-state index contributed by atoms with van der Waals surface area (Å²) < 4.78 is 10.5. The van der Waals surface area contributed by atoms with Gasteiger partial charge >= 0.3 is 12.2 Å². The van der Waals surface area contributed by atoms with E-state index in [1.165, 1.54) is 0 Å². The molecule has 1 aliphatic rings. The number of carbonyl (C=O) groups is 3. The zero-order valence-electron chi connectivity index (χ0n) is 19.2. The van der Waals surface area contributed by atoms with Crippen LogP contribution in [0, 0.1) is 11.8 Å². The van der Waals surface area contributed by atoms with Crippen LogP contribution in [0.5, 0.6) is 0 Å². The first-order valence-electron chi connectivity index (χ1n) is 10.8. The molecule has 0 heterocycles. The summed E-state index contributed by atoms with van der Waals surface area (Å²) in [5.74, 6) is 0.440. The minimum Gasteiger partial charge on any atom is -0.444 e. The summed E-state index contributed by atoms with van der Waals surface area (Å²) in [6.07, 6.45) is 3.89. The van der Waals surface area contributed by atoms with Crippen molar-refractivity contribution in [3.8, 4) is 0 Å². The number of unbranched alkanes of at least 4 members (excludes halogenated alkanes) is 1. The van der Waals surface area contributed by atoms with E-state index in [9.17, 15) is 14.4 Å². The number of amides is 2. The quantitative estimate of drug-likeness (QED) is 0.569. The topological polar surface area (TPSA) is 93.7 Å². The number of nitrogens with one attached hydrogen (secondary N) is 2. The lowest BCUT2D eigenvalue weighted by Gasteiger charge is -2.26. The third-order valence-electron chi connectivity index (χ3n) is 4.85. The van der Waals surface area contributed by atoms with Crippen molar-refractivity contribution in [2.75, 3.05) is 6.54 Å². The van der Waals surface area contributed by atoms with Crippen molar-refractivity contribution in [2.45, 2.75) is 104 Å². The van der Waals surface area contributed by atoms with Gasteiger partial charge in [0.25, 0.3) is 0 Å². The highest BCUT2D eigenvalue weighted by atomic mass is 16.6. The number of ketones is 1. The highest BCUT2D eigenvalue weighted by Gasteiger charge is 2.35. The fraction of sp³-hybridized carbons (Fsp3) is 0.864. The van der Waals surface area contributed by atoms with E-state index in [4.69, 9.17) is 9.47 Å². The molecule has 29 heavy (non-hydrogen) atoms. The van der Waals surface area contributed by atoms with Crippen molar-refractivity contribution in [3.63, 3.8) is 0 Å². The SMILES string of the molecule is C[C@@H]1CCCC1C(=O)[C@H](CCCCNC(=O)OC(C)(C)C)NC(=O)OC(C)(C)C. The molecule has 168 valence electrons. The van der Waals surface area contributed by atoms with Crippen LogP contribution in [0.15, 0.2) is 0 Å². The fourth-order valence-electron chi connectivity index (χ4n) is 3.54. The van der Waals surface area contributed by atoms with Crippen LogP contribution in [-0.2, 0) is 14.3 Å². The molecule has 0 bridgehead atoms. The lowest BCUT2D eigenvalue weighted by Crippen LogP contribution is -2.46. The second-order valence-electron chi connectivity index (χ2n) is 10.0. The van der Waals surface area contributed by atoms with Gasteiger partial charge in [0.05, 0.1) is 6.04 Å². The van der Waals surface area contributed by atoms with E-state index in [0.29, 0.717) is 31.7 Å². The molecule has 7 heteroatoms. The lowest BCUT2D eigenvalue weighted by atomic mass is 9.88. The highest BCUT2D eigenvalue weighted by molar-refractivity contribution is 5.89. The second-order valence-corrected chi connectivity index (χ2v) is 10.0. The Morgan fingerprint density at radius 1 is 0.931 bits per heavy atom. The monoisotopic (exact) mass is 412 g/mol. The van der Waals surface area contributed by atoms with Gasteiger partial charge in [0.15, 0.2) is 5.78 Å². The minimum atomic E-state index is -0.615. The Bertz CT molecular complexity index is 563. The molecule has 0 aromatic heterocycles. The number of rotatable bonds is 8. The van der Waals surface area contributed by atoms with Gasteiger partial charge in [-0.05, 0) is 79.6 Å². The number of hydrogen-bond acceptors (Lipinski definition) is 5. The third-order valence-corrected chi connectivity index (χ3v) is 4.85. The molecule has 1 rings (SSSR count). The normalized spacial score (nSPS) is 20.7. The predicted molar refractivity (Wildman–Crippen MR) is 113 cm³/mol. The van der Waals surface area contributed by atoms with Gasteiger partial charge in [-0.15, -0.1) is 0 Å². The van der Waals surface area contributed by atoms with Crippen LogP contribution in [0.3, 0.4) is 0 Å². The zero-order chi connectivity index (χ0) is 22.2. The molecule has 0 aromatic rings. The maximum Gasteiger partial charge on any atom is 0.408 e. The van der Waals surface area contributed by atoms with Crippen molar-refractivity contribution in [1.82, 2.24) is 10.6 Å². The Morgan fingerprint density at radius 3 is 2.03 bits per heavy atom. The van der Waals surface area contributed by atoms with E-state index in [1.807, 2.05) is 20.8 Å². The summed E-state index contributed by atoms with van der Waals surface area (Å²) in [6.45, 7) is 13.4. The first kappa shape index (κ1) is 25.2. The maximum absolute atomic E-state index is 13.0. The molecule has 0 spiro atoms. The number of ether oxygens (including phenoxy) is 2. The first-order valence-corrected chi connectivity index (χ1v) is 10.8. The predicted octanol–water partition coefficient (Wildman–Crippen LogP) is 4.58. The average Bonchev–Trinajstić information content (AvgIpc) is 2.95. The second kappa shape index (κ2) is 10.8. The molecule has 3 atom stereocenters. The van der Waals surface area contributed by atoms with Crippen LogP contribution in [-0.4, -0.2) is 41.8 Å². The van der Waals surface area contributed by atoms with Crippen LogP contribution >= 0.6 is 0 Å². The van der Waals surface area contributed by atoms with Gasteiger partial charge in [0.2, 0.25) is 0 Å². The minimum absolute atomic E-state index is 0.00479. The van der Waals surface area contributed by atoms with Crippen molar-refractivity contribution in [2.24, 2.45) is 11.8 Å². The van der Waals surface area contributed by atoms with E-state index >= 15 is 0 Å². The Morgan fingerprint density at radius 2 is 1.52 bits per heavy atom. The number of hydrogen-bond donors (Lipinski definition) is 2. The van der Waals surface area contributed by atoms with Gasteiger partial charge in [-0.2, -0.15) is 0 Å². The Hall–Kier alpha value is -1.79. The first-order chi connectivity index (χ1) is 13.3. The molecule has 0 aliphatic heterocycles. The summed E-state index contributed by atoms with van der Waals surface area (Å²) in [7, 11) is 0. The van der Waals surface area contributed by atoms with Crippen LogP contribution in [0.2, 0.25) is 0 Å². The van der Waals surface area contributed by atoms with E-state index in [2.05, 4.69) is 17.6 Å². The summed E-state index contributed by atoms with van der Waals surface area (Å²) in [5.41, 5.74) is -1.15. The Labute approximate surface area is 175 Å². The molecule has 1 fully saturated rings. The van der Waals surface area contributed by atoms with Crippen molar-refractivity contribution < 1.29 is 23.9 Å². The van der Waals surface area contributed by atoms with Crippen molar-refractivity contribution in [1.29, 1.82) is 0 Å². The number of alkyl carbamates (subject to hydrolysis) is 2. The maximum atomic E-state index is 13.0. The highest BCUT2D eigenvalue weighted by Crippen LogP contribution is 2.33. The van der Waals surface area contributed by atoms with Crippen LogP contribution in [0.4, 0.5) is 9.59 Å². The Balaban J connectivity index is 2.54. The Kier molecular flexibility index (Phi) is 9.43. The van der Waals surface area contributed by atoms with Gasteiger partial charge in [-0.1, -0.05) is 13.3 Å². The van der Waals surface area contributed by atoms with E-state index < -0.39 is 29.4 Å². The summed E-state index contributed by atoms with van der Waals surface area (Å²) in [4.78, 5) is 36.9. The summed E-state index contributed by atoms with van der Waals surface area (Å²) in [6, 6.07) is -0.558. The molecule has 1 aliphatic carbocycles. The van der Waals surface area contributed by atoms with Crippen LogP contribution < -0.4 is 10.6 Å². The van der Waals surface area contributed by atoms with E-state index in [-0.39, 0.29) is 11.7 Å². The molecule has 7 nitrogen and oxygen atoms in total. The van der Waals surface area contributed by atoms with Crippen molar-refractivity contribution in [3.05, 3.63) is 0 Å². The fourth-order valence-corrected chi connectivity index (χ4v) is 3.54. The summed E-state index contributed by atoms with van der Waals surface area (Å²) in [5, 5.41) is 5.50. The molecule has 0 radical (unpaired) electrons. The number of Topliss-reactive ketones (excluding diaryl/α,β-unsaturated/α-hetero) is 1. The number of carbonyl (C=O) groups excluding carboxylic acids is 3. The average molecular weight is 413 g/mol. The molecule has 1 saturated carbocycles. The molecule has 0 aromatic carbocycles. The van der Waals surface area contributed by atoms with E-state index in [0.717, 1.165) is 19.3 Å². The van der Waals surface area contributed by atoms with Crippen LogP contribution in [0.25, 0.3) is 0 Å². The van der Waals surface area contributed by atoms with Gasteiger partial charge in [0, 0.05) is 12.5 Å². The zero-order valence-corrected chi connectivity index (χ0v) is 19.2. The van der Waals surface area contributed by atoms with Crippen molar-refractivity contribution >= 4 is 18.0 Å². The molecule has 2 N–H and O–H groups in total. The smallest absolute Gasteiger partial charge is 0.408 e. The van der Waals surface area contributed by atoms with Gasteiger partial charge < -0.3 is 20.1 Å². The third kappa shape index (κ3) is 10.5. The largest absolute Gasteiger partial charge is 0.444 e. The standard InChI is InChI=1S/C22H40N2O5/c1-15-11-10-12-16(15)18(25)17(24-20(27)29-22(5,6)7)13-8-9-14-23-19(26)28-21(2,3)4/h15-17H,8-14H2,1-7H3,(H,23,26)(H,24,27)/t15-,16?,17+/m1/s1. The molecular weight excluding hydrogens is 372 g/mol. The molecular formula is C22H40N2O5. The van der Waals surface area contributed by atoms with Gasteiger partial charge in [-0.3, -0.25) is 4.79 Å². The molecule has 1 unspecified atom stereocenters. The van der Waals surface area contributed by atoms with Gasteiger partial charge in [-0.25, -0.2) is 9.59 Å². The van der Waals surface area contributed by atoms with E-state index in [1.54, 1.807) is 20.8 Å². The van der Waals surface area contributed by atoms with Crippen LogP contribution in [0.1, 0.15) is 87.0 Å². The summed E-state index contributed by atoms with van der Waals surface area (Å²) >= 11 is 0. The molecule has 2 amide bonds.